The molecule has 3 N–H and O–H groups in total. The van der Waals surface area contributed by atoms with Crippen LogP contribution in [0.5, 0.6) is 5.75 Å². The molecule has 0 aliphatic carbocycles. The summed E-state index contributed by atoms with van der Waals surface area (Å²) >= 11 is 11.2. The average molecular weight is 372 g/mol. The van der Waals surface area contributed by atoms with Gasteiger partial charge in [-0.2, -0.15) is 0 Å². The fourth-order valence-corrected chi connectivity index (χ4v) is 2.52. The Labute approximate surface area is 152 Å². The second-order valence-electron chi connectivity index (χ2n) is 5.65. The molecule has 0 bridgehead atoms. The van der Waals surface area contributed by atoms with Crippen molar-refractivity contribution in [3.63, 3.8) is 0 Å². The molecule has 1 amide bonds. The molecule has 1 aromatic rings. The van der Waals surface area contributed by atoms with E-state index in [1.54, 1.807) is 19.1 Å². The van der Waals surface area contributed by atoms with Crippen LogP contribution in [0.3, 0.4) is 0 Å². The molecule has 8 heteroatoms. The zero-order valence-corrected chi connectivity index (χ0v) is 15.3. The normalized spacial score (nSPS) is 17.9. The highest BCUT2D eigenvalue weighted by molar-refractivity contribution is 7.80. The highest BCUT2D eigenvalue weighted by atomic mass is 35.5. The number of carbonyl (C=O) groups is 1. The first-order valence-corrected chi connectivity index (χ1v) is 8.62. The molecule has 1 saturated heterocycles. The molecule has 0 aromatic heterocycles. The molecule has 2 atom stereocenters. The summed E-state index contributed by atoms with van der Waals surface area (Å²) in [6.07, 6.45) is 1.54. The van der Waals surface area contributed by atoms with Crippen molar-refractivity contribution in [3.05, 3.63) is 28.8 Å². The maximum Gasteiger partial charge on any atom is 0.279 e. The van der Waals surface area contributed by atoms with Crippen LogP contribution in [0.1, 0.15) is 25.3 Å². The van der Waals surface area contributed by atoms with E-state index in [2.05, 4.69) is 16.2 Å². The third-order valence-corrected chi connectivity index (χ3v) is 4.13. The van der Waals surface area contributed by atoms with E-state index in [0.29, 0.717) is 22.4 Å². The van der Waals surface area contributed by atoms with Crippen molar-refractivity contribution in [1.82, 2.24) is 16.2 Å². The highest BCUT2D eigenvalue weighted by Crippen LogP contribution is 2.26. The second-order valence-corrected chi connectivity index (χ2v) is 6.47. The molecule has 0 saturated carbocycles. The third-order valence-electron chi connectivity index (χ3n) is 3.57. The lowest BCUT2D eigenvalue weighted by Gasteiger charge is -2.18. The van der Waals surface area contributed by atoms with Crippen LogP contribution in [0, 0.1) is 6.92 Å². The van der Waals surface area contributed by atoms with Gasteiger partial charge in [0, 0.05) is 13.2 Å². The number of rotatable bonds is 5. The fraction of sp³-hybridized carbons (Fsp3) is 0.500. The van der Waals surface area contributed by atoms with Gasteiger partial charge in [-0.15, -0.1) is 0 Å². The topological polar surface area (TPSA) is 71.6 Å². The molecule has 6 nitrogen and oxygen atoms in total. The predicted molar refractivity (Wildman–Crippen MR) is 97.1 cm³/mol. The fourth-order valence-electron chi connectivity index (χ4n) is 2.22. The smallest absolute Gasteiger partial charge is 0.279 e. The maximum atomic E-state index is 12.1. The van der Waals surface area contributed by atoms with Crippen molar-refractivity contribution >= 4 is 34.8 Å². The summed E-state index contributed by atoms with van der Waals surface area (Å²) in [4.78, 5) is 12.1. The molecule has 1 heterocycles. The number of aryl methyl sites for hydroxylation is 1. The summed E-state index contributed by atoms with van der Waals surface area (Å²) in [5, 5.41) is 3.80. The van der Waals surface area contributed by atoms with Crippen LogP contribution in [0.25, 0.3) is 0 Å². The zero-order chi connectivity index (χ0) is 17.5. The van der Waals surface area contributed by atoms with Gasteiger partial charge in [-0.05, 0) is 56.6 Å². The minimum atomic E-state index is -0.724. The Morgan fingerprint density at radius 2 is 2.29 bits per heavy atom. The largest absolute Gasteiger partial charge is 0.479 e. The number of carbonyl (C=O) groups excluding carboxylic acids is 1. The number of nitrogens with one attached hydrogen (secondary N) is 3. The number of halogens is 1. The number of thiocarbonyl (C=S) groups is 1. The van der Waals surface area contributed by atoms with E-state index in [-0.39, 0.29) is 12.0 Å². The average Bonchev–Trinajstić information content (AvgIpc) is 3.07. The van der Waals surface area contributed by atoms with E-state index in [4.69, 9.17) is 33.3 Å². The van der Waals surface area contributed by atoms with Crippen molar-refractivity contribution in [3.8, 4) is 5.75 Å². The van der Waals surface area contributed by atoms with Gasteiger partial charge in [0.25, 0.3) is 5.91 Å². The van der Waals surface area contributed by atoms with Gasteiger partial charge in [0.15, 0.2) is 11.2 Å². The standard InChI is InChI=1S/C16H22ClN3O3S/c1-10-5-6-13(17)14(8-10)23-11(2)15(21)19-20-16(24)18-9-12-4-3-7-22-12/h5-6,8,11-12H,3-4,7,9H2,1-2H3,(H,19,21)(H2,18,20,24). The lowest BCUT2D eigenvalue weighted by Crippen LogP contribution is -2.51. The number of benzene rings is 1. The molecule has 1 aliphatic heterocycles. The SMILES string of the molecule is Cc1ccc(Cl)c(OC(C)C(=O)NNC(=S)NCC2CCCO2)c1. The number of hydrogen-bond donors (Lipinski definition) is 3. The van der Waals surface area contributed by atoms with E-state index in [1.165, 1.54) is 0 Å². The van der Waals surface area contributed by atoms with Crippen LogP contribution in [0.2, 0.25) is 5.02 Å². The van der Waals surface area contributed by atoms with Crippen LogP contribution in [0.4, 0.5) is 0 Å². The van der Waals surface area contributed by atoms with Crippen molar-refractivity contribution in [2.45, 2.75) is 38.9 Å². The van der Waals surface area contributed by atoms with E-state index < -0.39 is 6.10 Å². The monoisotopic (exact) mass is 371 g/mol. The summed E-state index contributed by atoms with van der Waals surface area (Å²) in [7, 11) is 0. The quantitative estimate of drug-likeness (QED) is 0.544. The molecule has 0 spiro atoms. The van der Waals surface area contributed by atoms with Crippen molar-refractivity contribution in [2.24, 2.45) is 0 Å². The minimum Gasteiger partial charge on any atom is -0.479 e. The van der Waals surface area contributed by atoms with E-state index >= 15 is 0 Å². The van der Waals surface area contributed by atoms with Gasteiger partial charge in [-0.1, -0.05) is 17.7 Å². The van der Waals surface area contributed by atoms with Crippen LogP contribution in [-0.2, 0) is 9.53 Å². The first kappa shape index (κ1) is 18.8. The molecule has 1 aliphatic rings. The maximum absolute atomic E-state index is 12.1. The summed E-state index contributed by atoms with van der Waals surface area (Å²) in [6.45, 7) is 4.97. The first-order chi connectivity index (χ1) is 11.5. The number of amides is 1. The Morgan fingerprint density at radius 1 is 1.50 bits per heavy atom. The van der Waals surface area contributed by atoms with Crippen LogP contribution >= 0.6 is 23.8 Å². The Morgan fingerprint density at radius 3 is 3.00 bits per heavy atom. The molecule has 1 fully saturated rings. The number of hydrazine groups is 1. The molecular weight excluding hydrogens is 350 g/mol. The van der Waals surface area contributed by atoms with Gasteiger partial charge in [-0.25, -0.2) is 0 Å². The number of hydrogen-bond acceptors (Lipinski definition) is 4. The Hall–Kier alpha value is -1.57. The van der Waals surface area contributed by atoms with Crippen LogP contribution in [-0.4, -0.2) is 36.4 Å². The predicted octanol–water partition coefficient (Wildman–Crippen LogP) is 2.09. The third kappa shape index (κ3) is 5.81. The van der Waals surface area contributed by atoms with E-state index in [9.17, 15) is 4.79 Å². The zero-order valence-electron chi connectivity index (χ0n) is 13.7. The van der Waals surface area contributed by atoms with Gasteiger partial charge in [-0.3, -0.25) is 15.6 Å². The molecule has 132 valence electrons. The highest BCUT2D eigenvalue weighted by Gasteiger charge is 2.17. The van der Waals surface area contributed by atoms with Gasteiger partial charge in [0.2, 0.25) is 0 Å². The van der Waals surface area contributed by atoms with Gasteiger partial charge in [0.05, 0.1) is 11.1 Å². The lowest BCUT2D eigenvalue weighted by molar-refractivity contribution is -0.127. The summed E-state index contributed by atoms with van der Waals surface area (Å²) in [6, 6.07) is 5.40. The summed E-state index contributed by atoms with van der Waals surface area (Å²) in [5.74, 6) is 0.118. The van der Waals surface area contributed by atoms with E-state index in [0.717, 1.165) is 25.0 Å². The van der Waals surface area contributed by atoms with Crippen LogP contribution in [0.15, 0.2) is 18.2 Å². The van der Waals surface area contributed by atoms with Crippen molar-refractivity contribution in [2.75, 3.05) is 13.2 Å². The molecule has 0 radical (unpaired) electrons. The van der Waals surface area contributed by atoms with Crippen molar-refractivity contribution in [1.29, 1.82) is 0 Å². The molecule has 1 aromatic carbocycles. The Bertz CT molecular complexity index is 594. The molecular formula is C16H22ClN3O3S. The van der Waals surface area contributed by atoms with E-state index in [1.807, 2.05) is 13.0 Å². The summed E-state index contributed by atoms with van der Waals surface area (Å²) < 4.78 is 11.1. The van der Waals surface area contributed by atoms with Gasteiger partial charge < -0.3 is 14.8 Å². The van der Waals surface area contributed by atoms with Crippen LogP contribution < -0.4 is 20.9 Å². The van der Waals surface area contributed by atoms with Gasteiger partial charge >= 0.3 is 0 Å². The number of ether oxygens (including phenoxy) is 2. The van der Waals surface area contributed by atoms with Gasteiger partial charge in [0.1, 0.15) is 5.75 Å². The lowest BCUT2D eigenvalue weighted by atomic mass is 10.2. The molecule has 2 rings (SSSR count). The first-order valence-electron chi connectivity index (χ1n) is 7.84. The van der Waals surface area contributed by atoms with Crippen molar-refractivity contribution < 1.29 is 14.3 Å². The second kappa shape index (κ2) is 9.05. The molecule has 2 unspecified atom stereocenters. The Kier molecular flexibility index (Phi) is 7.08. The minimum absolute atomic E-state index is 0.172. The summed E-state index contributed by atoms with van der Waals surface area (Å²) in [5.41, 5.74) is 6.16. The molecule has 24 heavy (non-hydrogen) atoms. The Balaban J connectivity index is 1.72.